The van der Waals surface area contributed by atoms with Crippen molar-refractivity contribution in [3.63, 3.8) is 0 Å². The van der Waals surface area contributed by atoms with Gasteiger partial charge >= 0.3 is 0 Å². The molecule has 1 aromatic carbocycles. The standard InChI is InChI=1S/C14H14ClN/c1-11-5-4-7-13(16-11)10-9-12-6-2-3-8-14(12)15/h2-11,16H,1H3. The lowest BCUT2D eigenvalue weighted by atomic mass is 10.1. The van der Waals surface area contributed by atoms with E-state index in [2.05, 4.69) is 24.4 Å². The van der Waals surface area contributed by atoms with Crippen LogP contribution in [0.1, 0.15) is 12.5 Å². The van der Waals surface area contributed by atoms with Crippen molar-refractivity contribution in [1.82, 2.24) is 5.32 Å². The molecule has 0 amide bonds. The Morgan fingerprint density at radius 3 is 2.81 bits per heavy atom. The first-order valence-corrected chi connectivity index (χ1v) is 5.71. The fourth-order valence-corrected chi connectivity index (χ4v) is 1.78. The van der Waals surface area contributed by atoms with E-state index in [0.29, 0.717) is 6.04 Å². The molecule has 1 aromatic rings. The molecular weight excluding hydrogens is 218 g/mol. The normalized spacial score (nSPS) is 19.6. The zero-order chi connectivity index (χ0) is 11.4. The topological polar surface area (TPSA) is 12.0 Å². The second-order valence-corrected chi connectivity index (χ2v) is 4.20. The Morgan fingerprint density at radius 2 is 2.06 bits per heavy atom. The summed E-state index contributed by atoms with van der Waals surface area (Å²) in [4.78, 5) is 0. The Labute approximate surface area is 101 Å². The van der Waals surface area contributed by atoms with Gasteiger partial charge in [-0.15, -0.1) is 0 Å². The molecule has 1 heterocycles. The van der Waals surface area contributed by atoms with E-state index >= 15 is 0 Å². The third-order valence-electron chi connectivity index (χ3n) is 2.42. The Balaban J connectivity index is 2.13. The lowest BCUT2D eigenvalue weighted by Crippen LogP contribution is -2.24. The number of hydrogen-bond acceptors (Lipinski definition) is 1. The Hall–Kier alpha value is -1.47. The van der Waals surface area contributed by atoms with Crippen molar-refractivity contribution < 1.29 is 0 Å². The maximum absolute atomic E-state index is 6.07. The smallest absolute Gasteiger partial charge is 0.0478 e. The van der Waals surface area contributed by atoms with Crippen LogP contribution in [0.2, 0.25) is 5.02 Å². The zero-order valence-electron chi connectivity index (χ0n) is 9.15. The first-order valence-electron chi connectivity index (χ1n) is 5.33. The minimum atomic E-state index is 0.385. The van der Waals surface area contributed by atoms with Crippen LogP contribution in [0.4, 0.5) is 0 Å². The van der Waals surface area contributed by atoms with Gasteiger partial charge in [-0.25, -0.2) is 0 Å². The molecule has 2 rings (SSSR count). The first kappa shape index (κ1) is 11.0. The first-order chi connectivity index (χ1) is 7.75. The molecule has 0 aromatic heterocycles. The summed E-state index contributed by atoms with van der Waals surface area (Å²) in [5.74, 6) is 0. The summed E-state index contributed by atoms with van der Waals surface area (Å²) >= 11 is 6.07. The van der Waals surface area contributed by atoms with E-state index in [-0.39, 0.29) is 0 Å². The van der Waals surface area contributed by atoms with Crippen LogP contribution >= 0.6 is 11.6 Å². The number of halogens is 1. The summed E-state index contributed by atoms with van der Waals surface area (Å²) in [7, 11) is 0. The van der Waals surface area contributed by atoms with E-state index in [0.717, 1.165) is 16.3 Å². The van der Waals surface area contributed by atoms with Gasteiger partial charge in [0.15, 0.2) is 0 Å². The molecule has 0 spiro atoms. The van der Waals surface area contributed by atoms with Gasteiger partial charge < -0.3 is 5.32 Å². The molecule has 0 radical (unpaired) electrons. The molecule has 0 saturated carbocycles. The quantitative estimate of drug-likeness (QED) is 0.817. The molecule has 2 heteroatoms. The van der Waals surface area contributed by atoms with Crippen molar-refractivity contribution in [1.29, 1.82) is 0 Å². The Morgan fingerprint density at radius 1 is 1.25 bits per heavy atom. The average molecular weight is 232 g/mol. The molecule has 0 bridgehead atoms. The summed E-state index contributed by atoms with van der Waals surface area (Å²) in [6, 6.07) is 8.20. The van der Waals surface area contributed by atoms with E-state index in [4.69, 9.17) is 11.6 Å². The molecule has 16 heavy (non-hydrogen) atoms. The third-order valence-corrected chi connectivity index (χ3v) is 2.76. The summed E-state index contributed by atoms with van der Waals surface area (Å²) in [6.07, 6.45) is 10.3. The van der Waals surface area contributed by atoms with Crippen molar-refractivity contribution in [2.24, 2.45) is 0 Å². The molecule has 82 valence electrons. The highest BCUT2D eigenvalue weighted by atomic mass is 35.5. The van der Waals surface area contributed by atoms with Crippen LogP contribution in [-0.4, -0.2) is 6.04 Å². The molecule has 1 nitrogen and oxygen atoms in total. The van der Waals surface area contributed by atoms with Gasteiger partial charge in [0.25, 0.3) is 0 Å². The van der Waals surface area contributed by atoms with E-state index in [1.54, 1.807) is 0 Å². The molecule has 1 N–H and O–H groups in total. The number of dihydropyridines is 1. The Kier molecular flexibility index (Phi) is 3.47. The SMILES string of the molecule is CC1C=CC=C(C=Cc2ccccc2Cl)N1. The van der Waals surface area contributed by atoms with Crippen LogP contribution in [0, 0.1) is 0 Å². The molecule has 1 aliphatic rings. The van der Waals surface area contributed by atoms with Crippen LogP contribution < -0.4 is 5.32 Å². The summed E-state index contributed by atoms with van der Waals surface area (Å²) in [5.41, 5.74) is 2.14. The van der Waals surface area contributed by atoms with Gasteiger partial charge in [-0.1, -0.05) is 48.0 Å². The van der Waals surface area contributed by atoms with E-state index in [9.17, 15) is 0 Å². The van der Waals surface area contributed by atoms with Crippen LogP contribution in [0.3, 0.4) is 0 Å². The van der Waals surface area contributed by atoms with Gasteiger partial charge in [-0.3, -0.25) is 0 Å². The maximum Gasteiger partial charge on any atom is 0.0478 e. The van der Waals surface area contributed by atoms with Crippen molar-refractivity contribution in [3.05, 3.63) is 64.9 Å². The number of hydrogen-bond donors (Lipinski definition) is 1. The molecule has 0 fully saturated rings. The molecule has 1 unspecified atom stereocenters. The molecular formula is C14H14ClN. The van der Waals surface area contributed by atoms with E-state index in [1.165, 1.54) is 0 Å². The van der Waals surface area contributed by atoms with Crippen molar-refractivity contribution in [2.75, 3.05) is 0 Å². The van der Waals surface area contributed by atoms with E-state index < -0.39 is 0 Å². The third kappa shape index (κ3) is 2.77. The average Bonchev–Trinajstić information content (AvgIpc) is 2.28. The molecule has 1 aliphatic heterocycles. The zero-order valence-corrected chi connectivity index (χ0v) is 9.91. The molecule has 0 aliphatic carbocycles. The second kappa shape index (κ2) is 5.04. The Bertz CT molecular complexity index is 458. The second-order valence-electron chi connectivity index (χ2n) is 3.79. The van der Waals surface area contributed by atoms with Crippen molar-refractivity contribution in [3.8, 4) is 0 Å². The number of nitrogens with one attached hydrogen (secondary N) is 1. The van der Waals surface area contributed by atoms with Gasteiger partial charge in [0, 0.05) is 16.8 Å². The number of rotatable bonds is 2. The predicted molar refractivity (Wildman–Crippen MR) is 70.3 cm³/mol. The minimum absolute atomic E-state index is 0.385. The van der Waals surface area contributed by atoms with Crippen molar-refractivity contribution >= 4 is 17.7 Å². The summed E-state index contributed by atoms with van der Waals surface area (Å²) in [6.45, 7) is 2.12. The monoisotopic (exact) mass is 231 g/mol. The number of allylic oxidation sites excluding steroid dienone is 3. The highest BCUT2D eigenvalue weighted by molar-refractivity contribution is 6.32. The summed E-state index contributed by atoms with van der Waals surface area (Å²) in [5, 5.41) is 4.13. The molecule has 0 saturated heterocycles. The van der Waals surface area contributed by atoms with Crippen LogP contribution in [0.5, 0.6) is 0 Å². The van der Waals surface area contributed by atoms with Crippen LogP contribution in [-0.2, 0) is 0 Å². The fraction of sp³-hybridized carbons (Fsp3) is 0.143. The predicted octanol–water partition coefficient (Wildman–Crippen LogP) is 3.79. The van der Waals surface area contributed by atoms with Crippen LogP contribution in [0.15, 0.2) is 54.3 Å². The van der Waals surface area contributed by atoms with Gasteiger partial charge in [0.2, 0.25) is 0 Å². The van der Waals surface area contributed by atoms with Crippen molar-refractivity contribution in [2.45, 2.75) is 13.0 Å². The maximum atomic E-state index is 6.07. The highest BCUT2D eigenvalue weighted by Crippen LogP contribution is 2.17. The van der Waals surface area contributed by atoms with Crippen LogP contribution in [0.25, 0.3) is 6.08 Å². The minimum Gasteiger partial charge on any atom is -0.379 e. The largest absolute Gasteiger partial charge is 0.379 e. The lowest BCUT2D eigenvalue weighted by molar-refractivity contribution is 0.734. The molecule has 1 atom stereocenters. The lowest BCUT2D eigenvalue weighted by Gasteiger charge is -2.15. The fourth-order valence-electron chi connectivity index (χ4n) is 1.58. The van der Waals surface area contributed by atoms with Gasteiger partial charge in [-0.05, 0) is 30.7 Å². The van der Waals surface area contributed by atoms with Gasteiger partial charge in [0.1, 0.15) is 0 Å². The van der Waals surface area contributed by atoms with Gasteiger partial charge in [0.05, 0.1) is 0 Å². The van der Waals surface area contributed by atoms with Gasteiger partial charge in [-0.2, -0.15) is 0 Å². The summed E-state index contributed by atoms with van der Waals surface area (Å²) < 4.78 is 0. The van der Waals surface area contributed by atoms with E-state index in [1.807, 2.05) is 42.5 Å². The number of benzene rings is 1. The highest BCUT2D eigenvalue weighted by Gasteiger charge is 2.01.